The van der Waals surface area contributed by atoms with Crippen LogP contribution in [0, 0.1) is 11.7 Å². The molecule has 8 heteroatoms. The molecule has 2 aliphatic carbocycles. The first-order valence-corrected chi connectivity index (χ1v) is 12.1. The van der Waals surface area contributed by atoms with Crippen LogP contribution in [0.15, 0.2) is 40.4 Å². The number of rotatable bonds is 5. The Hall–Kier alpha value is -3.26. The molecule has 176 valence electrons. The topological polar surface area (TPSA) is 74.7 Å². The smallest absolute Gasteiger partial charge is 0.326 e. The molecule has 0 amide bonds. The largest absolute Gasteiger partial charge is 0.421 e. The lowest BCUT2D eigenvalue weighted by Crippen LogP contribution is -2.49. The van der Waals surface area contributed by atoms with E-state index in [1.165, 1.54) is 18.4 Å². The Bertz CT molecular complexity index is 1230. The second kappa shape index (κ2) is 8.51. The van der Waals surface area contributed by atoms with Crippen molar-refractivity contribution in [2.75, 3.05) is 36.4 Å². The van der Waals surface area contributed by atoms with Gasteiger partial charge in [-0.3, -0.25) is 4.99 Å². The van der Waals surface area contributed by atoms with Crippen molar-refractivity contribution in [2.24, 2.45) is 10.9 Å². The quantitative estimate of drug-likeness (QED) is 0.692. The molecule has 6 rings (SSSR count). The molecule has 2 N–H and O–H groups in total. The molecule has 1 unspecified atom stereocenters. The van der Waals surface area contributed by atoms with Crippen LogP contribution in [0.5, 0.6) is 11.8 Å². The Kier molecular flexibility index (Phi) is 5.32. The van der Waals surface area contributed by atoms with Crippen LogP contribution in [0.2, 0.25) is 0 Å². The molecule has 3 heterocycles. The Labute approximate surface area is 198 Å². The highest BCUT2D eigenvalue weighted by molar-refractivity contribution is 6.05. The summed E-state index contributed by atoms with van der Waals surface area (Å²) in [7, 11) is 0. The second-order valence-corrected chi connectivity index (χ2v) is 9.74. The molecule has 34 heavy (non-hydrogen) atoms. The molecule has 1 saturated carbocycles. The maximum absolute atomic E-state index is 15.2. The zero-order valence-electron chi connectivity index (χ0n) is 19.6. The van der Waals surface area contributed by atoms with Crippen LogP contribution in [0.1, 0.15) is 37.8 Å². The number of allylic oxidation sites excluding steroid dienone is 1. The number of piperazine rings is 1. The summed E-state index contributed by atoms with van der Waals surface area (Å²) in [6, 6.07) is 5.97. The SMILES string of the molecule is CC1=Cc2c(ccc(Oc3nc(NC4=NCC(C5CC5)=C4)cc(N4CCNC(C)C4)n3)c2F)C1. The zero-order chi connectivity index (χ0) is 23.2. The van der Waals surface area contributed by atoms with Gasteiger partial charge in [0.05, 0.1) is 6.54 Å². The summed E-state index contributed by atoms with van der Waals surface area (Å²) in [6.45, 7) is 7.42. The molecular weight excluding hydrogens is 431 g/mol. The van der Waals surface area contributed by atoms with E-state index in [0.717, 1.165) is 55.4 Å². The van der Waals surface area contributed by atoms with E-state index in [1.54, 1.807) is 6.07 Å². The van der Waals surface area contributed by atoms with Crippen molar-refractivity contribution in [1.29, 1.82) is 0 Å². The van der Waals surface area contributed by atoms with Gasteiger partial charge in [0.2, 0.25) is 0 Å². The third kappa shape index (κ3) is 4.30. The molecule has 0 bridgehead atoms. The fourth-order valence-corrected chi connectivity index (χ4v) is 4.87. The Morgan fingerprint density at radius 3 is 2.91 bits per heavy atom. The highest BCUT2D eigenvalue weighted by Gasteiger charge is 2.28. The number of benzene rings is 1. The summed E-state index contributed by atoms with van der Waals surface area (Å²) in [5.41, 5.74) is 4.09. The van der Waals surface area contributed by atoms with E-state index < -0.39 is 0 Å². The van der Waals surface area contributed by atoms with Gasteiger partial charge in [-0.15, -0.1) is 0 Å². The number of fused-ring (bicyclic) bond motifs is 1. The molecule has 4 aliphatic rings. The first kappa shape index (κ1) is 21.3. The Balaban J connectivity index is 1.31. The highest BCUT2D eigenvalue weighted by atomic mass is 19.1. The lowest BCUT2D eigenvalue weighted by molar-refractivity contribution is 0.409. The number of ether oxygens (including phenoxy) is 1. The van der Waals surface area contributed by atoms with Gasteiger partial charge >= 0.3 is 6.01 Å². The van der Waals surface area contributed by atoms with E-state index in [9.17, 15) is 0 Å². The van der Waals surface area contributed by atoms with Gasteiger partial charge in [0.25, 0.3) is 0 Å². The fraction of sp³-hybridized carbons (Fsp3) is 0.423. The van der Waals surface area contributed by atoms with Crippen molar-refractivity contribution in [3.63, 3.8) is 0 Å². The molecule has 1 atom stereocenters. The van der Waals surface area contributed by atoms with E-state index in [2.05, 4.69) is 43.5 Å². The van der Waals surface area contributed by atoms with Gasteiger partial charge in [0.1, 0.15) is 17.5 Å². The normalized spacial score (nSPS) is 21.7. The number of hydrogen-bond acceptors (Lipinski definition) is 7. The average Bonchev–Trinajstić information content (AvgIpc) is 3.44. The fourth-order valence-electron chi connectivity index (χ4n) is 4.87. The van der Waals surface area contributed by atoms with Crippen molar-refractivity contribution >= 4 is 23.5 Å². The highest BCUT2D eigenvalue weighted by Crippen LogP contribution is 2.38. The molecule has 1 saturated heterocycles. The van der Waals surface area contributed by atoms with E-state index in [4.69, 9.17) is 4.74 Å². The number of aromatic nitrogens is 2. The minimum absolute atomic E-state index is 0.119. The predicted molar refractivity (Wildman–Crippen MR) is 132 cm³/mol. The number of aliphatic imine (C=N–C) groups is 1. The number of nitrogens with one attached hydrogen (secondary N) is 2. The van der Waals surface area contributed by atoms with Crippen molar-refractivity contribution in [3.05, 3.63) is 52.4 Å². The summed E-state index contributed by atoms with van der Waals surface area (Å²) in [4.78, 5) is 16.0. The van der Waals surface area contributed by atoms with Gasteiger partial charge in [0.15, 0.2) is 11.6 Å². The van der Waals surface area contributed by atoms with E-state index in [1.807, 2.05) is 25.1 Å². The van der Waals surface area contributed by atoms with E-state index >= 15 is 4.39 Å². The Morgan fingerprint density at radius 1 is 1.21 bits per heavy atom. The molecule has 1 aromatic carbocycles. The average molecular weight is 461 g/mol. The molecule has 0 spiro atoms. The first-order chi connectivity index (χ1) is 16.5. The molecule has 1 aromatic heterocycles. The van der Waals surface area contributed by atoms with Crippen LogP contribution in [0.4, 0.5) is 16.0 Å². The molecular formula is C26H29FN6O. The lowest BCUT2D eigenvalue weighted by Gasteiger charge is -2.32. The van der Waals surface area contributed by atoms with E-state index in [0.29, 0.717) is 23.3 Å². The van der Waals surface area contributed by atoms with Gasteiger partial charge in [-0.25, -0.2) is 4.39 Å². The van der Waals surface area contributed by atoms with Crippen LogP contribution in [-0.4, -0.2) is 48.0 Å². The second-order valence-electron chi connectivity index (χ2n) is 9.74. The summed E-state index contributed by atoms with van der Waals surface area (Å²) >= 11 is 0. The molecule has 2 aliphatic heterocycles. The molecule has 2 fully saturated rings. The summed E-state index contributed by atoms with van der Waals surface area (Å²) in [5.74, 6) is 2.60. The van der Waals surface area contributed by atoms with Crippen molar-refractivity contribution in [2.45, 2.75) is 39.2 Å². The minimum atomic E-state index is -0.370. The van der Waals surface area contributed by atoms with Gasteiger partial charge in [0, 0.05) is 37.3 Å². The van der Waals surface area contributed by atoms with Crippen LogP contribution in [0.25, 0.3) is 6.08 Å². The number of anilines is 2. The molecule has 7 nitrogen and oxygen atoms in total. The van der Waals surface area contributed by atoms with Crippen molar-refractivity contribution in [1.82, 2.24) is 15.3 Å². The van der Waals surface area contributed by atoms with Gasteiger partial charge < -0.3 is 20.3 Å². The molecule has 0 radical (unpaired) electrons. The number of halogens is 1. The minimum Gasteiger partial charge on any atom is -0.421 e. The number of nitrogens with zero attached hydrogens (tertiary/aromatic N) is 4. The van der Waals surface area contributed by atoms with Gasteiger partial charge in [-0.05, 0) is 62.3 Å². The van der Waals surface area contributed by atoms with Gasteiger partial charge in [-0.1, -0.05) is 17.7 Å². The maximum atomic E-state index is 15.2. The van der Waals surface area contributed by atoms with Crippen molar-refractivity contribution in [3.8, 4) is 11.8 Å². The summed E-state index contributed by atoms with van der Waals surface area (Å²) in [5, 5.41) is 6.78. The van der Waals surface area contributed by atoms with Crippen LogP contribution >= 0.6 is 0 Å². The standard InChI is InChI=1S/C26H29FN6O/c1-15-9-18-5-6-21(25(27)20(18)10-15)34-26-31-23(30-22-11-19(13-29-22)17-3-4-17)12-24(32-26)33-8-7-28-16(2)14-33/h5-6,10-12,16-17,28H,3-4,7-9,13-14H2,1-2H3,(H,29,30,31,32). The molecule has 2 aromatic rings. The van der Waals surface area contributed by atoms with E-state index in [-0.39, 0.29) is 17.6 Å². The van der Waals surface area contributed by atoms with Gasteiger partial charge in [-0.2, -0.15) is 9.97 Å². The third-order valence-electron chi connectivity index (χ3n) is 6.79. The monoisotopic (exact) mass is 460 g/mol. The van der Waals surface area contributed by atoms with Crippen LogP contribution in [0.3, 0.4) is 0 Å². The zero-order valence-corrected chi connectivity index (χ0v) is 19.6. The number of hydrogen-bond donors (Lipinski definition) is 2. The van der Waals surface area contributed by atoms with Crippen LogP contribution < -0.4 is 20.3 Å². The predicted octanol–water partition coefficient (Wildman–Crippen LogP) is 4.33. The Morgan fingerprint density at radius 2 is 2.09 bits per heavy atom. The maximum Gasteiger partial charge on any atom is 0.326 e. The summed E-state index contributed by atoms with van der Waals surface area (Å²) < 4.78 is 21.1. The summed E-state index contributed by atoms with van der Waals surface area (Å²) in [6.07, 6.45) is 7.29. The third-order valence-corrected chi connectivity index (χ3v) is 6.79. The lowest BCUT2D eigenvalue weighted by atomic mass is 10.1. The first-order valence-electron chi connectivity index (χ1n) is 12.1. The number of amidine groups is 1. The van der Waals surface area contributed by atoms with Crippen LogP contribution in [-0.2, 0) is 6.42 Å². The van der Waals surface area contributed by atoms with Crippen molar-refractivity contribution < 1.29 is 9.13 Å².